The Kier molecular flexibility index (Phi) is 2.95. The number of nitrogens with zero attached hydrogens (tertiary/aromatic N) is 1. The molecule has 0 fully saturated rings. The minimum absolute atomic E-state index is 0.203. The number of benzene rings is 1. The van der Waals surface area contributed by atoms with Gasteiger partial charge in [-0.05, 0) is 24.1 Å². The van der Waals surface area contributed by atoms with Crippen molar-refractivity contribution in [1.29, 1.82) is 0 Å². The molecule has 0 saturated heterocycles. The number of aryl methyl sites for hydroxylation is 1. The summed E-state index contributed by atoms with van der Waals surface area (Å²) in [5.41, 5.74) is 8.95. The Hall–Kier alpha value is -1.94. The topological polar surface area (TPSA) is 55.4 Å². The molecule has 4 heteroatoms. The summed E-state index contributed by atoms with van der Waals surface area (Å²) in [5.74, 6) is 0.216. The smallest absolute Gasteiger partial charge is 0.279 e. The number of fused-ring (bicyclic) bond motifs is 1. The zero-order chi connectivity index (χ0) is 13.4. The van der Waals surface area contributed by atoms with E-state index in [1.807, 2.05) is 18.2 Å². The molecule has 0 unspecified atom stereocenters. The minimum Gasteiger partial charge on any atom is -0.387 e. The lowest BCUT2D eigenvalue weighted by molar-refractivity contribution is 0.100. The van der Waals surface area contributed by atoms with Gasteiger partial charge in [-0.25, -0.2) is 0 Å². The molecule has 1 amide bonds. The van der Waals surface area contributed by atoms with Gasteiger partial charge in [0.1, 0.15) is 5.84 Å². The van der Waals surface area contributed by atoms with Gasteiger partial charge in [0, 0.05) is 22.6 Å². The largest absolute Gasteiger partial charge is 0.387 e. The summed E-state index contributed by atoms with van der Waals surface area (Å²) >= 11 is 1.66. The Morgan fingerprint density at radius 3 is 2.95 bits per heavy atom. The fourth-order valence-corrected chi connectivity index (χ4v) is 3.47. The first kappa shape index (κ1) is 12.1. The number of thiophene rings is 1. The lowest BCUT2D eigenvalue weighted by Gasteiger charge is -2.05. The van der Waals surface area contributed by atoms with Crippen molar-refractivity contribution in [1.82, 2.24) is 0 Å². The molecular weight excluding hydrogens is 256 g/mol. The van der Waals surface area contributed by atoms with Crippen LogP contribution in [0.5, 0.6) is 0 Å². The number of hydrogen-bond acceptors (Lipinski definition) is 3. The molecule has 1 aromatic heterocycles. The number of carbonyl (C=O) groups excluding carboxylic acids is 1. The van der Waals surface area contributed by atoms with E-state index in [-0.39, 0.29) is 5.91 Å². The second-order valence-electron chi connectivity index (χ2n) is 4.74. The van der Waals surface area contributed by atoms with E-state index in [9.17, 15) is 4.79 Å². The van der Waals surface area contributed by atoms with E-state index < -0.39 is 0 Å². The summed E-state index contributed by atoms with van der Waals surface area (Å²) in [7, 11) is 0. The number of nitrogens with two attached hydrogens (primary N) is 1. The van der Waals surface area contributed by atoms with E-state index in [1.54, 1.807) is 11.3 Å². The predicted octanol–water partition coefficient (Wildman–Crippen LogP) is 2.70. The van der Waals surface area contributed by atoms with Gasteiger partial charge in [0.15, 0.2) is 0 Å². The maximum absolute atomic E-state index is 11.8. The molecule has 1 aliphatic heterocycles. The molecule has 0 spiro atoms. The van der Waals surface area contributed by atoms with Gasteiger partial charge < -0.3 is 5.73 Å². The molecule has 19 heavy (non-hydrogen) atoms. The van der Waals surface area contributed by atoms with Gasteiger partial charge >= 0.3 is 0 Å². The highest BCUT2D eigenvalue weighted by atomic mass is 32.1. The second kappa shape index (κ2) is 4.63. The Labute approximate surface area is 115 Å². The summed E-state index contributed by atoms with van der Waals surface area (Å²) < 4.78 is 0. The molecule has 0 saturated carbocycles. The fourth-order valence-electron chi connectivity index (χ4n) is 2.27. The molecule has 0 aliphatic carbocycles. The van der Waals surface area contributed by atoms with Crippen LogP contribution in [0.4, 0.5) is 0 Å². The summed E-state index contributed by atoms with van der Waals surface area (Å²) in [6, 6.07) is 10.3. The van der Waals surface area contributed by atoms with Gasteiger partial charge in [-0.1, -0.05) is 24.3 Å². The fraction of sp³-hybridized carbons (Fsp3) is 0.200. The Balaban J connectivity index is 1.91. The summed E-state index contributed by atoms with van der Waals surface area (Å²) in [6.45, 7) is 2.11. The molecule has 2 aromatic rings. The van der Waals surface area contributed by atoms with Crippen molar-refractivity contribution in [2.75, 3.05) is 0 Å². The highest BCUT2D eigenvalue weighted by Gasteiger charge is 2.21. The Morgan fingerprint density at radius 1 is 1.37 bits per heavy atom. The molecule has 1 aliphatic rings. The summed E-state index contributed by atoms with van der Waals surface area (Å²) in [4.78, 5) is 17.8. The van der Waals surface area contributed by atoms with Gasteiger partial charge in [-0.3, -0.25) is 4.79 Å². The van der Waals surface area contributed by atoms with Crippen LogP contribution in [0.3, 0.4) is 0 Å². The highest BCUT2D eigenvalue weighted by Crippen LogP contribution is 2.28. The van der Waals surface area contributed by atoms with Crippen LogP contribution in [0, 0.1) is 6.92 Å². The third-order valence-electron chi connectivity index (χ3n) is 3.30. The van der Waals surface area contributed by atoms with Gasteiger partial charge in [0.25, 0.3) is 5.91 Å². The number of amidine groups is 1. The summed E-state index contributed by atoms with van der Waals surface area (Å²) in [6.07, 6.45) is 1.46. The number of aliphatic imine (C=N–C) groups is 1. The molecule has 96 valence electrons. The van der Waals surface area contributed by atoms with Gasteiger partial charge in [-0.2, -0.15) is 4.99 Å². The SMILES string of the molecule is Cc1ccccc1Cc1cc2c(s1)CC(N)=NC2=O. The molecule has 0 bridgehead atoms. The van der Waals surface area contributed by atoms with Crippen LogP contribution in [0.15, 0.2) is 35.3 Å². The maximum atomic E-state index is 11.8. The van der Waals surface area contributed by atoms with Gasteiger partial charge in [0.2, 0.25) is 0 Å². The lowest BCUT2D eigenvalue weighted by atomic mass is 10.0. The van der Waals surface area contributed by atoms with E-state index in [2.05, 4.69) is 24.0 Å². The first-order chi connectivity index (χ1) is 9.13. The quantitative estimate of drug-likeness (QED) is 0.912. The van der Waals surface area contributed by atoms with Crippen molar-refractivity contribution in [2.24, 2.45) is 10.7 Å². The molecule has 3 nitrogen and oxygen atoms in total. The number of carbonyl (C=O) groups is 1. The number of hydrogen-bond donors (Lipinski definition) is 1. The van der Waals surface area contributed by atoms with Crippen molar-refractivity contribution in [3.63, 3.8) is 0 Å². The number of amides is 1. The van der Waals surface area contributed by atoms with E-state index in [1.165, 1.54) is 16.0 Å². The molecule has 2 N–H and O–H groups in total. The monoisotopic (exact) mass is 270 g/mol. The van der Waals surface area contributed by atoms with Crippen molar-refractivity contribution in [3.8, 4) is 0 Å². The van der Waals surface area contributed by atoms with Crippen molar-refractivity contribution in [2.45, 2.75) is 19.8 Å². The third kappa shape index (κ3) is 2.31. The number of rotatable bonds is 2. The second-order valence-corrected chi connectivity index (χ2v) is 5.96. The molecule has 3 rings (SSSR count). The van der Waals surface area contributed by atoms with Crippen LogP contribution in [0.2, 0.25) is 0 Å². The lowest BCUT2D eigenvalue weighted by Crippen LogP contribution is -2.21. The standard InChI is InChI=1S/C15H14N2OS/c1-9-4-2-3-5-10(9)6-11-7-12-13(19-11)8-14(16)17-15(12)18/h2-5,7H,6,8H2,1H3,(H2,16,17,18). The zero-order valence-electron chi connectivity index (χ0n) is 10.6. The van der Waals surface area contributed by atoms with E-state index in [4.69, 9.17) is 5.73 Å². The Morgan fingerprint density at radius 2 is 2.16 bits per heavy atom. The molecule has 0 atom stereocenters. The van der Waals surface area contributed by atoms with E-state index >= 15 is 0 Å². The summed E-state index contributed by atoms with van der Waals surface area (Å²) in [5, 5.41) is 0. The average molecular weight is 270 g/mol. The first-order valence-corrected chi connectivity index (χ1v) is 6.98. The van der Waals surface area contributed by atoms with Crippen LogP contribution in [0.1, 0.15) is 31.2 Å². The minimum atomic E-state index is -0.203. The van der Waals surface area contributed by atoms with Crippen LogP contribution < -0.4 is 5.73 Å². The predicted molar refractivity (Wildman–Crippen MR) is 78.0 cm³/mol. The average Bonchev–Trinajstić information content (AvgIpc) is 2.75. The molecule has 0 radical (unpaired) electrons. The third-order valence-corrected chi connectivity index (χ3v) is 4.44. The highest BCUT2D eigenvalue weighted by molar-refractivity contribution is 7.12. The van der Waals surface area contributed by atoms with E-state index in [0.717, 1.165) is 16.9 Å². The van der Waals surface area contributed by atoms with E-state index in [0.29, 0.717) is 12.3 Å². The van der Waals surface area contributed by atoms with Crippen molar-refractivity contribution < 1.29 is 4.79 Å². The normalized spacial score (nSPS) is 14.2. The maximum Gasteiger partial charge on any atom is 0.279 e. The van der Waals surface area contributed by atoms with Crippen LogP contribution >= 0.6 is 11.3 Å². The van der Waals surface area contributed by atoms with Crippen molar-refractivity contribution >= 4 is 23.1 Å². The molecular formula is C15H14N2OS. The van der Waals surface area contributed by atoms with Crippen LogP contribution in [-0.2, 0) is 12.8 Å². The zero-order valence-corrected chi connectivity index (χ0v) is 11.5. The Bertz CT molecular complexity index is 685. The van der Waals surface area contributed by atoms with Crippen molar-refractivity contribution in [3.05, 3.63) is 56.8 Å². The molecule has 2 heterocycles. The first-order valence-electron chi connectivity index (χ1n) is 6.17. The van der Waals surface area contributed by atoms with Gasteiger partial charge in [0.05, 0.1) is 5.56 Å². The van der Waals surface area contributed by atoms with Crippen LogP contribution in [-0.4, -0.2) is 11.7 Å². The molecule has 1 aromatic carbocycles. The van der Waals surface area contributed by atoms with Crippen LogP contribution in [0.25, 0.3) is 0 Å². The van der Waals surface area contributed by atoms with Gasteiger partial charge in [-0.15, -0.1) is 11.3 Å².